The Morgan fingerprint density at radius 3 is 2.57 bits per heavy atom. The molecule has 0 saturated carbocycles. The molecule has 2 heteroatoms. The maximum absolute atomic E-state index is 5.48. The quantitative estimate of drug-likeness (QED) is 0.553. The van der Waals surface area contributed by atoms with Gasteiger partial charge in [0.15, 0.2) is 0 Å². The standard InChI is InChI=1S/C12H17NO/c1-11(14-10-6-5-9-13)12-7-3-2-4-8-12/h2-4,7-8H,1,5-6,9-10,13H2. The van der Waals surface area contributed by atoms with Gasteiger partial charge < -0.3 is 10.5 Å². The predicted octanol–water partition coefficient (Wildman–Crippen LogP) is 2.41. The molecule has 0 spiro atoms. The lowest BCUT2D eigenvalue weighted by molar-refractivity contribution is 0.270. The SMILES string of the molecule is C=C(OCCCCN)c1ccccc1. The van der Waals surface area contributed by atoms with E-state index in [1.54, 1.807) is 0 Å². The van der Waals surface area contributed by atoms with E-state index in [0.717, 1.165) is 30.7 Å². The first-order chi connectivity index (χ1) is 6.84. The molecule has 0 aliphatic rings. The number of benzene rings is 1. The van der Waals surface area contributed by atoms with Crippen LogP contribution in [0.15, 0.2) is 36.9 Å². The Labute approximate surface area is 85.4 Å². The molecule has 1 aromatic rings. The summed E-state index contributed by atoms with van der Waals surface area (Å²) < 4.78 is 5.48. The van der Waals surface area contributed by atoms with E-state index < -0.39 is 0 Å². The van der Waals surface area contributed by atoms with Crippen molar-refractivity contribution in [2.45, 2.75) is 12.8 Å². The Balaban J connectivity index is 2.29. The van der Waals surface area contributed by atoms with Gasteiger partial charge in [0.05, 0.1) is 6.61 Å². The largest absolute Gasteiger partial charge is 0.494 e. The number of unbranched alkanes of at least 4 members (excludes halogenated alkanes) is 1. The van der Waals surface area contributed by atoms with Gasteiger partial charge in [-0.25, -0.2) is 0 Å². The van der Waals surface area contributed by atoms with Crippen LogP contribution in [0.5, 0.6) is 0 Å². The third-order valence-corrected chi connectivity index (χ3v) is 1.97. The van der Waals surface area contributed by atoms with E-state index in [4.69, 9.17) is 10.5 Å². The second-order valence-electron chi connectivity index (χ2n) is 3.13. The Kier molecular flexibility index (Phi) is 4.79. The van der Waals surface area contributed by atoms with Gasteiger partial charge in [0, 0.05) is 5.56 Å². The number of hydrogen-bond donors (Lipinski definition) is 1. The highest BCUT2D eigenvalue weighted by Crippen LogP contribution is 2.12. The normalized spacial score (nSPS) is 9.79. The molecule has 0 aliphatic carbocycles. The summed E-state index contributed by atoms with van der Waals surface area (Å²) in [7, 11) is 0. The lowest BCUT2D eigenvalue weighted by atomic mass is 10.2. The molecule has 76 valence electrons. The van der Waals surface area contributed by atoms with E-state index in [1.807, 2.05) is 30.3 Å². The molecule has 14 heavy (non-hydrogen) atoms. The molecular formula is C12H17NO. The zero-order chi connectivity index (χ0) is 10.2. The third-order valence-electron chi connectivity index (χ3n) is 1.97. The van der Waals surface area contributed by atoms with E-state index in [0.29, 0.717) is 6.61 Å². The van der Waals surface area contributed by atoms with Crippen LogP contribution in [-0.2, 0) is 4.74 Å². The molecule has 0 bridgehead atoms. The third kappa shape index (κ3) is 3.62. The lowest BCUT2D eigenvalue weighted by Gasteiger charge is -2.08. The number of ether oxygens (including phenoxy) is 1. The summed E-state index contributed by atoms with van der Waals surface area (Å²) in [4.78, 5) is 0. The van der Waals surface area contributed by atoms with E-state index in [2.05, 4.69) is 6.58 Å². The van der Waals surface area contributed by atoms with Crippen molar-refractivity contribution >= 4 is 5.76 Å². The van der Waals surface area contributed by atoms with Crippen LogP contribution in [0.3, 0.4) is 0 Å². The minimum absolute atomic E-state index is 0.699. The van der Waals surface area contributed by atoms with Crippen LogP contribution in [0.2, 0.25) is 0 Å². The predicted molar refractivity (Wildman–Crippen MR) is 59.7 cm³/mol. The molecule has 0 unspecified atom stereocenters. The van der Waals surface area contributed by atoms with Gasteiger partial charge in [-0.15, -0.1) is 0 Å². The van der Waals surface area contributed by atoms with E-state index in [9.17, 15) is 0 Å². The highest BCUT2D eigenvalue weighted by atomic mass is 16.5. The highest BCUT2D eigenvalue weighted by Gasteiger charge is 1.97. The second-order valence-corrected chi connectivity index (χ2v) is 3.13. The molecule has 0 radical (unpaired) electrons. The maximum atomic E-state index is 5.48. The Morgan fingerprint density at radius 2 is 1.93 bits per heavy atom. The fourth-order valence-corrected chi connectivity index (χ4v) is 1.15. The molecule has 2 N–H and O–H groups in total. The van der Waals surface area contributed by atoms with Gasteiger partial charge >= 0.3 is 0 Å². The smallest absolute Gasteiger partial charge is 0.119 e. The summed E-state index contributed by atoms with van der Waals surface area (Å²) in [6.45, 7) is 5.29. The summed E-state index contributed by atoms with van der Waals surface area (Å²) >= 11 is 0. The minimum atomic E-state index is 0.699. The fraction of sp³-hybridized carbons (Fsp3) is 0.333. The molecule has 0 fully saturated rings. The van der Waals surface area contributed by atoms with Gasteiger partial charge in [0.25, 0.3) is 0 Å². The first-order valence-corrected chi connectivity index (χ1v) is 4.92. The molecular weight excluding hydrogens is 174 g/mol. The molecule has 0 heterocycles. The van der Waals surface area contributed by atoms with E-state index in [1.165, 1.54) is 0 Å². The molecule has 1 rings (SSSR count). The first-order valence-electron chi connectivity index (χ1n) is 4.92. The number of hydrogen-bond acceptors (Lipinski definition) is 2. The molecule has 0 atom stereocenters. The Morgan fingerprint density at radius 1 is 1.21 bits per heavy atom. The van der Waals surface area contributed by atoms with Crippen molar-refractivity contribution in [1.29, 1.82) is 0 Å². The zero-order valence-corrected chi connectivity index (χ0v) is 8.41. The summed E-state index contributed by atoms with van der Waals surface area (Å²) in [6, 6.07) is 9.91. The maximum Gasteiger partial charge on any atom is 0.119 e. The van der Waals surface area contributed by atoms with Crippen LogP contribution in [0, 0.1) is 0 Å². The van der Waals surface area contributed by atoms with Gasteiger partial charge in [-0.2, -0.15) is 0 Å². The summed E-state index contributed by atoms with van der Waals surface area (Å²) in [5.74, 6) is 0.739. The average Bonchev–Trinajstić information content (AvgIpc) is 2.25. The van der Waals surface area contributed by atoms with Crippen LogP contribution < -0.4 is 5.73 Å². The van der Waals surface area contributed by atoms with Crippen LogP contribution in [-0.4, -0.2) is 13.2 Å². The van der Waals surface area contributed by atoms with E-state index >= 15 is 0 Å². The molecule has 1 aromatic carbocycles. The lowest BCUT2D eigenvalue weighted by Crippen LogP contribution is -2.01. The van der Waals surface area contributed by atoms with Gasteiger partial charge in [0.1, 0.15) is 5.76 Å². The van der Waals surface area contributed by atoms with Crippen molar-refractivity contribution in [1.82, 2.24) is 0 Å². The zero-order valence-electron chi connectivity index (χ0n) is 8.41. The van der Waals surface area contributed by atoms with Crippen molar-refractivity contribution < 1.29 is 4.74 Å². The first kappa shape index (κ1) is 10.8. The van der Waals surface area contributed by atoms with Crippen molar-refractivity contribution in [3.05, 3.63) is 42.5 Å². The van der Waals surface area contributed by atoms with Crippen LogP contribution in [0.25, 0.3) is 5.76 Å². The van der Waals surface area contributed by atoms with Gasteiger partial charge in [-0.3, -0.25) is 0 Å². The van der Waals surface area contributed by atoms with Gasteiger partial charge in [0.2, 0.25) is 0 Å². The topological polar surface area (TPSA) is 35.2 Å². The molecule has 0 saturated heterocycles. The molecule has 0 aromatic heterocycles. The van der Waals surface area contributed by atoms with Crippen molar-refractivity contribution in [2.24, 2.45) is 5.73 Å². The van der Waals surface area contributed by atoms with Crippen molar-refractivity contribution in [3.63, 3.8) is 0 Å². The van der Waals surface area contributed by atoms with Crippen LogP contribution >= 0.6 is 0 Å². The summed E-state index contributed by atoms with van der Waals surface area (Å²) in [6.07, 6.45) is 1.99. The van der Waals surface area contributed by atoms with E-state index in [-0.39, 0.29) is 0 Å². The Hall–Kier alpha value is -1.28. The molecule has 0 aliphatic heterocycles. The molecule has 2 nitrogen and oxygen atoms in total. The molecule has 0 amide bonds. The second kappa shape index (κ2) is 6.22. The number of rotatable bonds is 6. The Bertz CT molecular complexity index is 269. The summed E-state index contributed by atoms with van der Waals surface area (Å²) in [5.41, 5.74) is 6.42. The monoisotopic (exact) mass is 191 g/mol. The average molecular weight is 191 g/mol. The van der Waals surface area contributed by atoms with Crippen molar-refractivity contribution in [3.8, 4) is 0 Å². The van der Waals surface area contributed by atoms with Crippen molar-refractivity contribution in [2.75, 3.05) is 13.2 Å². The van der Waals surface area contributed by atoms with Crippen LogP contribution in [0.1, 0.15) is 18.4 Å². The number of nitrogens with two attached hydrogens (primary N) is 1. The fourth-order valence-electron chi connectivity index (χ4n) is 1.15. The van der Waals surface area contributed by atoms with Gasteiger partial charge in [-0.1, -0.05) is 36.9 Å². The van der Waals surface area contributed by atoms with Crippen LogP contribution in [0.4, 0.5) is 0 Å². The summed E-state index contributed by atoms with van der Waals surface area (Å²) in [5, 5.41) is 0. The van der Waals surface area contributed by atoms with Gasteiger partial charge in [-0.05, 0) is 19.4 Å². The minimum Gasteiger partial charge on any atom is -0.494 e. The highest BCUT2D eigenvalue weighted by molar-refractivity contribution is 5.56.